The van der Waals surface area contributed by atoms with Crippen molar-refractivity contribution in [3.63, 3.8) is 0 Å². The fourth-order valence-corrected chi connectivity index (χ4v) is 3.92. The summed E-state index contributed by atoms with van der Waals surface area (Å²) in [5, 5.41) is 0. The van der Waals surface area contributed by atoms with Gasteiger partial charge in [-0.15, -0.1) is 0 Å². The number of hydrogen-bond acceptors (Lipinski definition) is 4. The molecule has 27 heavy (non-hydrogen) atoms. The van der Waals surface area contributed by atoms with Gasteiger partial charge in [0.1, 0.15) is 5.82 Å². The van der Waals surface area contributed by atoms with Gasteiger partial charge in [-0.3, -0.25) is 0 Å². The van der Waals surface area contributed by atoms with Crippen molar-refractivity contribution in [2.24, 2.45) is 0 Å². The van der Waals surface area contributed by atoms with Crippen LogP contribution in [0.4, 0.5) is 5.69 Å². The first-order chi connectivity index (χ1) is 13.1. The van der Waals surface area contributed by atoms with Crippen molar-refractivity contribution in [3.05, 3.63) is 64.9 Å². The van der Waals surface area contributed by atoms with Gasteiger partial charge in [-0.25, -0.2) is 9.97 Å². The molecule has 0 N–H and O–H groups in total. The summed E-state index contributed by atoms with van der Waals surface area (Å²) in [4.78, 5) is 14.1. The number of nitrogens with zero attached hydrogens (tertiary/aromatic N) is 4. The average Bonchev–Trinajstić information content (AvgIpc) is 2.69. The number of rotatable bonds is 3. The Kier molecular flexibility index (Phi) is 5.23. The molecule has 1 aliphatic heterocycles. The maximum atomic E-state index is 4.66. The van der Waals surface area contributed by atoms with Gasteiger partial charge in [0, 0.05) is 47.5 Å². The van der Waals surface area contributed by atoms with Crippen molar-refractivity contribution in [3.8, 4) is 22.5 Å². The molecule has 0 amide bonds. The lowest BCUT2D eigenvalue weighted by Crippen LogP contribution is -2.44. The Morgan fingerprint density at radius 2 is 1.52 bits per heavy atom. The highest BCUT2D eigenvalue weighted by Gasteiger charge is 2.14. The van der Waals surface area contributed by atoms with Crippen LogP contribution in [0.25, 0.3) is 22.5 Å². The molecule has 2 aromatic carbocycles. The van der Waals surface area contributed by atoms with E-state index < -0.39 is 0 Å². The second-order valence-electron chi connectivity index (χ2n) is 7.00. The van der Waals surface area contributed by atoms with E-state index in [2.05, 4.69) is 79.1 Å². The summed E-state index contributed by atoms with van der Waals surface area (Å²) in [6.07, 6.45) is 0. The number of anilines is 1. The minimum atomic E-state index is 0.779. The Hall–Kier alpha value is -2.24. The van der Waals surface area contributed by atoms with Gasteiger partial charge in [-0.05, 0) is 38.2 Å². The lowest BCUT2D eigenvalue weighted by Gasteiger charge is -2.34. The second-order valence-corrected chi connectivity index (χ2v) is 7.86. The van der Waals surface area contributed by atoms with E-state index in [1.54, 1.807) is 0 Å². The first kappa shape index (κ1) is 18.1. The van der Waals surface area contributed by atoms with Gasteiger partial charge in [0.15, 0.2) is 0 Å². The molecule has 0 unspecified atom stereocenters. The van der Waals surface area contributed by atoms with Crippen LogP contribution in [0.3, 0.4) is 0 Å². The Bertz CT molecular complexity index is 931. The number of aromatic nitrogens is 2. The number of likely N-dealkylation sites (N-methyl/N-ethyl adjacent to an activating group) is 1. The quantitative estimate of drug-likeness (QED) is 0.615. The van der Waals surface area contributed by atoms with Crippen LogP contribution >= 0.6 is 15.9 Å². The number of hydrogen-bond donors (Lipinski definition) is 0. The highest BCUT2D eigenvalue weighted by atomic mass is 79.9. The van der Waals surface area contributed by atoms with Crippen LogP contribution in [0.15, 0.2) is 59.1 Å². The van der Waals surface area contributed by atoms with E-state index in [4.69, 9.17) is 0 Å². The predicted octanol–water partition coefficient (Wildman–Crippen LogP) is 4.63. The number of piperazine rings is 1. The van der Waals surface area contributed by atoms with Crippen molar-refractivity contribution >= 4 is 21.6 Å². The number of benzene rings is 2. The third-order valence-corrected chi connectivity index (χ3v) is 5.71. The molecule has 138 valence electrons. The maximum absolute atomic E-state index is 4.66. The van der Waals surface area contributed by atoms with Crippen LogP contribution in [-0.4, -0.2) is 48.1 Å². The van der Waals surface area contributed by atoms with Gasteiger partial charge in [-0.2, -0.15) is 0 Å². The normalized spacial score (nSPS) is 15.1. The first-order valence-electron chi connectivity index (χ1n) is 9.25. The standard InChI is InChI=1S/C22H23BrN4/c1-16-24-21(15-22(25-16)19-5-3-4-6-20(19)23)17-7-9-18(10-8-17)27-13-11-26(2)12-14-27/h3-10,15H,11-14H2,1-2H3. The highest BCUT2D eigenvalue weighted by Crippen LogP contribution is 2.30. The third-order valence-electron chi connectivity index (χ3n) is 5.02. The zero-order valence-corrected chi connectivity index (χ0v) is 17.3. The molecule has 2 heterocycles. The number of halogens is 1. The third kappa shape index (κ3) is 4.04. The second kappa shape index (κ2) is 7.79. The van der Waals surface area contributed by atoms with Crippen LogP contribution in [0, 0.1) is 6.92 Å². The Morgan fingerprint density at radius 3 is 2.22 bits per heavy atom. The van der Waals surface area contributed by atoms with Crippen molar-refractivity contribution < 1.29 is 0 Å². The Morgan fingerprint density at radius 1 is 0.852 bits per heavy atom. The van der Waals surface area contributed by atoms with E-state index >= 15 is 0 Å². The van der Waals surface area contributed by atoms with Gasteiger partial charge in [0.05, 0.1) is 11.4 Å². The lowest BCUT2D eigenvalue weighted by molar-refractivity contribution is 0.313. The van der Waals surface area contributed by atoms with Gasteiger partial charge >= 0.3 is 0 Å². The maximum Gasteiger partial charge on any atom is 0.126 e. The molecule has 0 bridgehead atoms. The predicted molar refractivity (Wildman–Crippen MR) is 115 cm³/mol. The fourth-order valence-electron chi connectivity index (χ4n) is 3.43. The molecular formula is C22H23BrN4. The average molecular weight is 423 g/mol. The fraction of sp³-hybridized carbons (Fsp3) is 0.273. The first-order valence-corrected chi connectivity index (χ1v) is 10.0. The molecule has 1 aromatic heterocycles. The van der Waals surface area contributed by atoms with Crippen LogP contribution in [-0.2, 0) is 0 Å². The molecule has 4 nitrogen and oxygen atoms in total. The molecular weight excluding hydrogens is 400 g/mol. The molecule has 3 aromatic rings. The summed E-state index contributed by atoms with van der Waals surface area (Å²) in [5.74, 6) is 0.779. The molecule has 4 rings (SSSR count). The van der Waals surface area contributed by atoms with Gasteiger partial charge < -0.3 is 9.80 Å². The van der Waals surface area contributed by atoms with Crippen molar-refractivity contribution in [2.45, 2.75) is 6.92 Å². The van der Waals surface area contributed by atoms with Crippen molar-refractivity contribution in [2.75, 3.05) is 38.1 Å². The van der Waals surface area contributed by atoms with Crippen LogP contribution in [0.1, 0.15) is 5.82 Å². The molecule has 1 fully saturated rings. The summed E-state index contributed by atoms with van der Waals surface area (Å²) >= 11 is 3.63. The van der Waals surface area contributed by atoms with E-state index in [-0.39, 0.29) is 0 Å². The van der Waals surface area contributed by atoms with Gasteiger partial charge in [0.2, 0.25) is 0 Å². The van der Waals surface area contributed by atoms with E-state index in [0.717, 1.165) is 59.0 Å². The Balaban J connectivity index is 1.63. The minimum absolute atomic E-state index is 0.779. The summed E-state index contributed by atoms with van der Waals surface area (Å²) < 4.78 is 1.04. The summed E-state index contributed by atoms with van der Waals surface area (Å²) in [5.41, 5.74) is 5.37. The summed E-state index contributed by atoms with van der Waals surface area (Å²) in [6, 6.07) is 19.0. The molecule has 1 aliphatic rings. The molecule has 0 spiro atoms. The number of aryl methyl sites for hydroxylation is 1. The smallest absolute Gasteiger partial charge is 0.126 e. The summed E-state index contributed by atoms with van der Waals surface area (Å²) in [7, 11) is 2.18. The SMILES string of the molecule is Cc1nc(-c2ccc(N3CCN(C)CC3)cc2)cc(-c2ccccc2Br)n1. The monoisotopic (exact) mass is 422 g/mol. The molecule has 5 heteroatoms. The molecule has 0 aliphatic carbocycles. The van der Waals surface area contributed by atoms with Crippen molar-refractivity contribution in [1.29, 1.82) is 0 Å². The van der Waals surface area contributed by atoms with E-state index in [1.165, 1.54) is 5.69 Å². The van der Waals surface area contributed by atoms with Gasteiger partial charge in [0.25, 0.3) is 0 Å². The van der Waals surface area contributed by atoms with Gasteiger partial charge in [-0.1, -0.05) is 46.3 Å². The van der Waals surface area contributed by atoms with Crippen molar-refractivity contribution in [1.82, 2.24) is 14.9 Å². The van der Waals surface area contributed by atoms with Crippen LogP contribution < -0.4 is 4.90 Å². The molecule has 0 saturated carbocycles. The van der Waals surface area contributed by atoms with Crippen LogP contribution in [0.5, 0.6) is 0 Å². The summed E-state index contributed by atoms with van der Waals surface area (Å²) in [6.45, 7) is 6.33. The Labute approximate surface area is 169 Å². The van der Waals surface area contributed by atoms with E-state index in [9.17, 15) is 0 Å². The minimum Gasteiger partial charge on any atom is -0.369 e. The zero-order chi connectivity index (χ0) is 18.8. The molecule has 0 radical (unpaired) electrons. The van der Waals surface area contributed by atoms with Crippen LogP contribution in [0.2, 0.25) is 0 Å². The topological polar surface area (TPSA) is 32.3 Å². The molecule has 1 saturated heterocycles. The highest BCUT2D eigenvalue weighted by molar-refractivity contribution is 9.10. The van der Waals surface area contributed by atoms with E-state index in [0.29, 0.717) is 0 Å². The van der Waals surface area contributed by atoms with E-state index in [1.807, 2.05) is 25.1 Å². The lowest BCUT2D eigenvalue weighted by atomic mass is 10.1. The largest absolute Gasteiger partial charge is 0.369 e. The zero-order valence-electron chi connectivity index (χ0n) is 15.7. The molecule has 0 atom stereocenters.